The van der Waals surface area contributed by atoms with Crippen LogP contribution in [0.4, 0.5) is 0 Å². The van der Waals surface area contributed by atoms with Crippen molar-refractivity contribution in [3.63, 3.8) is 0 Å². The first-order valence-corrected chi connectivity index (χ1v) is 6.55. The monoisotopic (exact) mass is 251 g/mol. The van der Waals surface area contributed by atoms with E-state index in [1.165, 1.54) is 5.56 Å². The minimum atomic E-state index is -0.702. The van der Waals surface area contributed by atoms with Crippen molar-refractivity contribution in [1.82, 2.24) is 5.32 Å². The third kappa shape index (κ3) is 5.07. The summed E-state index contributed by atoms with van der Waals surface area (Å²) < 4.78 is 0. The molecule has 3 nitrogen and oxygen atoms in total. The van der Waals surface area contributed by atoms with Gasteiger partial charge in [-0.3, -0.25) is 0 Å². The fourth-order valence-corrected chi connectivity index (χ4v) is 1.76. The third-order valence-electron chi connectivity index (χ3n) is 3.40. The quantitative estimate of drug-likeness (QED) is 0.728. The number of hydrogen-bond acceptors (Lipinski definition) is 3. The second-order valence-electron chi connectivity index (χ2n) is 5.65. The molecule has 1 rings (SSSR count). The molecule has 0 amide bonds. The zero-order chi connectivity index (χ0) is 13.8. The molecule has 0 aromatic heterocycles. The lowest BCUT2D eigenvalue weighted by Crippen LogP contribution is -2.48. The van der Waals surface area contributed by atoms with Gasteiger partial charge >= 0.3 is 0 Å². The molecule has 2 unspecified atom stereocenters. The fraction of sp³-hybridized carbons (Fsp3) is 0.600. The Balaban J connectivity index is 2.37. The van der Waals surface area contributed by atoms with Gasteiger partial charge in [0.2, 0.25) is 0 Å². The summed E-state index contributed by atoms with van der Waals surface area (Å²) in [7, 11) is 0. The van der Waals surface area contributed by atoms with Crippen molar-refractivity contribution in [3.8, 4) is 5.75 Å². The Hall–Kier alpha value is -1.06. The Kier molecular flexibility index (Phi) is 5.17. The molecule has 0 heterocycles. The number of aliphatic hydroxyl groups is 1. The normalized spacial score (nSPS) is 15.4. The average molecular weight is 251 g/mol. The number of phenols is 1. The van der Waals surface area contributed by atoms with Gasteiger partial charge in [-0.2, -0.15) is 0 Å². The molecule has 3 N–H and O–H groups in total. The topological polar surface area (TPSA) is 52.5 Å². The molecular weight excluding hydrogens is 226 g/mol. The molecule has 1 aromatic carbocycles. The highest BCUT2D eigenvalue weighted by Crippen LogP contribution is 2.13. The molecule has 0 spiro atoms. The minimum Gasteiger partial charge on any atom is -0.508 e. The van der Waals surface area contributed by atoms with Crippen LogP contribution in [0.15, 0.2) is 24.3 Å². The molecule has 0 aliphatic heterocycles. The van der Waals surface area contributed by atoms with Gasteiger partial charge in [-0.25, -0.2) is 0 Å². The largest absolute Gasteiger partial charge is 0.508 e. The molecule has 0 fully saturated rings. The maximum absolute atomic E-state index is 9.86. The number of benzene rings is 1. The molecule has 0 bridgehead atoms. The maximum Gasteiger partial charge on any atom is 0.115 e. The van der Waals surface area contributed by atoms with E-state index in [0.717, 1.165) is 12.8 Å². The smallest absolute Gasteiger partial charge is 0.115 e. The summed E-state index contributed by atoms with van der Waals surface area (Å²) in [5, 5.41) is 22.5. The Morgan fingerprint density at radius 3 is 2.22 bits per heavy atom. The summed E-state index contributed by atoms with van der Waals surface area (Å²) >= 11 is 0. The lowest BCUT2D eigenvalue weighted by atomic mass is 9.98. The Morgan fingerprint density at radius 1 is 1.17 bits per heavy atom. The summed E-state index contributed by atoms with van der Waals surface area (Å²) in [6.07, 6.45) is 1.97. The van der Waals surface area contributed by atoms with Crippen molar-refractivity contribution >= 4 is 0 Å². The lowest BCUT2D eigenvalue weighted by Gasteiger charge is -2.29. The molecule has 0 saturated heterocycles. The van der Waals surface area contributed by atoms with E-state index in [-0.39, 0.29) is 6.04 Å². The van der Waals surface area contributed by atoms with Gasteiger partial charge in [0.1, 0.15) is 5.75 Å². The van der Waals surface area contributed by atoms with E-state index >= 15 is 0 Å². The highest BCUT2D eigenvalue weighted by atomic mass is 16.3. The predicted molar refractivity (Wildman–Crippen MR) is 74.8 cm³/mol. The van der Waals surface area contributed by atoms with E-state index in [0.29, 0.717) is 11.8 Å². The van der Waals surface area contributed by atoms with Gasteiger partial charge in [0, 0.05) is 12.1 Å². The van der Waals surface area contributed by atoms with Crippen LogP contribution in [0.3, 0.4) is 0 Å². The SMILES string of the molecule is CC(CCc1ccc(O)cc1)NC(C)C(C)(C)O. The fourth-order valence-electron chi connectivity index (χ4n) is 1.76. The molecule has 0 aliphatic rings. The van der Waals surface area contributed by atoms with Crippen molar-refractivity contribution in [2.24, 2.45) is 0 Å². The first-order valence-electron chi connectivity index (χ1n) is 6.55. The van der Waals surface area contributed by atoms with E-state index in [1.54, 1.807) is 12.1 Å². The van der Waals surface area contributed by atoms with Crippen LogP contribution in [-0.4, -0.2) is 27.9 Å². The lowest BCUT2D eigenvalue weighted by molar-refractivity contribution is 0.0402. The molecule has 2 atom stereocenters. The number of hydrogen-bond donors (Lipinski definition) is 3. The first-order chi connectivity index (χ1) is 8.29. The molecule has 0 saturated carbocycles. The highest BCUT2D eigenvalue weighted by Gasteiger charge is 2.23. The van der Waals surface area contributed by atoms with Gasteiger partial charge < -0.3 is 15.5 Å². The van der Waals surface area contributed by atoms with Crippen LogP contribution in [0.1, 0.15) is 39.7 Å². The molecule has 18 heavy (non-hydrogen) atoms. The summed E-state index contributed by atoms with van der Waals surface area (Å²) in [5.74, 6) is 0.306. The predicted octanol–water partition coefficient (Wildman–Crippen LogP) is 2.46. The molecule has 3 heteroatoms. The van der Waals surface area contributed by atoms with E-state index < -0.39 is 5.60 Å². The van der Waals surface area contributed by atoms with Crippen LogP contribution in [0.5, 0.6) is 5.75 Å². The second-order valence-corrected chi connectivity index (χ2v) is 5.65. The zero-order valence-corrected chi connectivity index (χ0v) is 11.8. The summed E-state index contributed by atoms with van der Waals surface area (Å²) in [6, 6.07) is 7.73. The molecular formula is C15H25NO2. The van der Waals surface area contributed by atoms with Gasteiger partial charge in [-0.1, -0.05) is 12.1 Å². The van der Waals surface area contributed by atoms with Crippen LogP contribution in [0, 0.1) is 0 Å². The van der Waals surface area contributed by atoms with Crippen LogP contribution in [-0.2, 0) is 6.42 Å². The average Bonchev–Trinajstić information content (AvgIpc) is 2.27. The Labute approximate surface area is 110 Å². The van der Waals surface area contributed by atoms with Crippen LogP contribution < -0.4 is 5.32 Å². The van der Waals surface area contributed by atoms with Crippen molar-refractivity contribution in [3.05, 3.63) is 29.8 Å². The second kappa shape index (κ2) is 6.21. The molecule has 0 radical (unpaired) electrons. The summed E-state index contributed by atoms with van der Waals surface area (Å²) in [4.78, 5) is 0. The number of aryl methyl sites for hydroxylation is 1. The highest BCUT2D eigenvalue weighted by molar-refractivity contribution is 5.25. The number of phenolic OH excluding ortho intramolecular Hbond substituents is 1. The van der Waals surface area contributed by atoms with E-state index in [2.05, 4.69) is 12.2 Å². The Bertz CT molecular complexity index is 354. The minimum absolute atomic E-state index is 0.0623. The third-order valence-corrected chi connectivity index (χ3v) is 3.40. The van der Waals surface area contributed by atoms with Crippen molar-refractivity contribution in [1.29, 1.82) is 0 Å². The first kappa shape index (κ1) is 15.0. The molecule has 102 valence electrons. The van der Waals surface area contributed by atoms with Gasteiger partial charge in [0.25, 0.3) is 0 Å². The van der Waals surface area contributed by atoms with E-state index in [9.17, 15) is 10.2 Å². The standard InChI is InChI=1S/C15H25NO2/c1-11(16-12(2)15(3,4)18)5-6-13-7-9-14(17)10-8-13/h7-12,16-18H,5-6H2,1-4H3. The van der Waals surface area contributed by atoms with Gasteiger partial charge in [-0.15, -0.1) is 0 Å². The van der Waals surface area contributed by atoms with Crippen LogP contribution in [0.25, 0.3) is 0 Å². The maximum atomic E-state index is 9.86. The van der Waals surface area contributed by atoms with Crippen molar-refractivity contribution < 1.29 is 10.2 Å². The van der Waals surface area contributed by atoms with Gasteiger partial charge in [-0.05, 0) is 58.2 Å². The number of nitrogens with one attached hydrogen (secondary N) is 1. The number of aromatic hydroxyl groups is 1. The van der Waals surface area contributed by atoms with Gasteiger partial charge in [0.05, 0.1) is 5.60 Å². The zero-order valence-electron chi connectivity index (χ0n) is 11.8. The summed E-state index contributed by atoms with van der Waals surface area (Å²) in [6.45, 7) is 7.76. The van der Waals surface area contributed by atoms with Gasteiger partial charge in [0.15, 0.2) is 0 Å². The van der Waals surface area contributed by atoms with E-state index in [4.69, 9.17) is 0 Å². The Morgan fingerprint density at radius 2 is 1.72 bits per heavy atom. The van der Waals surface area contributed by atoms with Crippen LogP contribution in [0.2, 0.25) is 0 Å². The molecule has 1 aromatic rings. The van der Waals surface area contributed by atoms with Crippen molar-refractivity contribution in [2.45, 2.75) is 58.2 Å². The van der Waals surface area contributed by atoms with E-state index in [1.807, 2.05) is 32.9 Å². The number of rotatable bonds is 6. The molecule has 0 aliphatic carbocycles. The van der Waals surface area contributed by atoms with Crippen molar-refractivity contribution in [2.75, 3.05) is 0 Å². The van der Waals surface area contributed by atoms with Crippen LogP contribution >= 0.6 is 0 Å². The summed E-state index contributed by atoms with van der Waals surface area (Å²) in [5.41, 5.74) is 0.518.